The number of thiazole rings is 1. The van der Waals surface area contributed by atoms with Crippen molar-refractivity contribution < 1.29 is 9.84 Å². The summed E-state index contributed by atoms with van der Waals surface area (Å²) < 4.78 is 7.80. The second-order valence-corrected chi connectivity index (χ2v) is 8.19. The van der Waals surface area contributed by atoms with Crippen molar-refractivity contribution in [2.45, 2.75) is 25.0 Å². The molecule has 0 spiro atoms. The normalized spacial score (nSPS) is 16.6. The van der Waals surface area contributed by atoms with Gasteiger partial charge in [0.15, 0.2) is 0 Å². The molecule has 2 aromatic carbocycles. The summed E-state index contributed by atoms with van der Waals surface area (Å²) in [4.78, 5) is 7.21. The third-order valence-electron chi connectivity index (χ3n) is 5.03. The van der Waals surface area contributed by atoms with Crippen LogP contribution in [-0.2, 0) is 4.74 Å². The fourth-order valence-corrected chi connectivity index (χ4v) is 4.55. The molecule has 1 aliphatic heterocycles. The highest BCUT2D eigenvalue weighted by molar-refractivity contribution is 7.18. The molecule has 1 unspecified atom stereocenters. The fraction of sp³-hybridized carbons (Fsp3) is 0.348. The van der Waals surface area contributed by atoms with E-state index in [2.05, 4.69) is 35.9 Å². The van der Waals surface area contributed by atoms with Gasteiger partial charge in [0, 0.05) is 18.7 Å². The molecule has 1 saturated heterocycles. The van der Waals surface area contributed by atoms with Gasteiger partial charge in [0.25, 0.3) is 0 Å². The molecule has 144 valence electrons. The first-order valence-corrected chi connectivity index (χ1v) is 10.4. The number of aromatic nitrogens is 1. The van der Waals surface area contributed by atoms with Crippen molar-refractivity contribution in [3.8, 4) is 11.8 Å². The Hall–Kier alpha value is -2.23. The fourth-order valence-electron chi connectivity index (χ4n) is 3.52. The summed E-state index contributed by atoms with van der Waals surface area (Å²) in [5.41, 5.74) is 2.95. The van der Waals surface area contributed by atoms with Crippen LogP contribution in [0.25, 0.3) is 10.2 Å². The molecule has 0 radical (unpaired) electrons. The summed E-state index contributed by atoms with van der Waals surface area (Å²) in [6, 6.07) is 16.3. The van der Waals surface area contributed by atoms with E-state index in [-0.39, 0.29) is 18.8 Å². The number of nitrogens with zero attached hydrogens (tertiary/aromatic N) is 2. The molecular formula is C23H24N2O2S. The van der Waals surface area contributed by atoms with E-state index >= 15 is 0 Å². The summed E-state index contributed by atoms with van der Waals surface area (Å²) in [7, 11) is 2.16. The summed E-state index contributed by atoms with van der Waals surface area (Å²) in [6.07, 6.45) is 2.08. The van der Waals surface area contributed by atoms with Crippen LogP contribution in [0, 0.1) is 11.8 Å². The molecule has 0 bridgehead atoms. The zero-order valence-electron chi connectivity index (χ0n) is 16.0. The highest BCUT2D eigenvalue weighted by Crippen LogP contribution is 2.35. The van der Waals surface area contributed by atoms with E-state index in [9.17, 15) is 0 Å². The van der Waals surface area contributed by atoms with E-state index in [4.69, 9.17) is 14.8 Å². The lowest BCUT2D eigenvalue weighted by molar-refractivity contribution is -0.0234. The maximum atomic E-state index is 8.99. The van der Waals surface area contributed by atoms with Crippen LogP contribution >= 0.6 is 11.3 Å². The molecule has 5 heteroatoms. The first kappa shape index (κ1) is 19.1. The molecule has 1 aromatic heterocycles. The minimum absolute atomic E-state index is 0.141. The number of fused-ring (bicyclic) bond motifs is 1. The lowest BCUT2D eigenvalue weighted by Gasteiger charge is -2.31. The van der Waals surface area contributed by atoms with Crippen LogP contribution in [0.3, 0.4) is 0 Å². The Morgan fingerprint density at radius 2 is 2.04 bits per heavy atom. The second-order valence-electron chi connectivity index (χ2n) is 7.12. The molecule has 1 aliphatic rings. The SMILES string of the molecule is CN1CCC(OC(c2cccc(C#CCO)c2)c2nc3ccccc3s2)CC1. The Morgan fingerprint density at radius 1 is 1.21 bits per heavy atom. The van der Waals surface area contributed by atoms with Gasteiger partial charge in [0.2, 0.25) is 0 Å². The average Bonchev–Trinajstić information content (AvgIpc) is 3.16. The standard InChI is InChI=1S/C23H24N2O2S/c1-25-13-11-19(12-14-25)27-22(18-8-4-6-17(16-18)7-5-15-26)23-24-20-9-2-3-10-21(20)28-23/h2-4,6,8-10,16,19,22,26H,11-15H2,1H3. The molecular weight excluding hydrogens is 368 g/mol. The average molecular weight is 393 g/mol. The van der Waals surface area contributed by atoms with Gasteiger partial charge in [0.05, 0.1) is 16.3 Å². The molecule has 3 aromatic rings. The Balaban J connectivity index is 1.68. The molecule has 1 N–H and O–H groups in total. The van der Waals surface area contributed by atoms with E-state index in [0.717, 1.165) is 47.6 Å². The maximum absolute atomic E-state index is 8.99. The summed E-state index contributed by atoms with van der Waals surface area (Å²) >= 11 is 1.69. The van der Waals surface area contributed by atoms with Crippen molar-refractivity contribution in [1.82, 2.24) is 9.88 Å². The van der Waals surface area contributed by atoms with Crippen LogP contribution in [0.4, 0.5) is 0 Å². The van der Waals surface area contributed by atoms with Crippen LogP contribution in [0.5, 0.6) is 0 Å². The van der Waals surface area contributed by atoms with E-state index in [0.29, 0.717) is 0 Å². The predicted octanol–water partition coefficient (Wildman–Crippen LogP) is 3.84. The Morgan fingerprint density at radius 3 is 2.82 bits per heavy atom. The molecule has 0 aliphatic carbocycles. The van der Waals surface area contributed by atoms with Crippen molar-refractivity contribution in [2.75, 3.05) is 26.7 Å². The molecule has 2 heterocycles. The summed E-state index contributed by atoms with van der Waals surface area (Å²) in [6.45, 7) is 1.97. The van der Waals surface area contributed by atoms with Crippen LogP contribution in [0.15, 0.2) is 48.5 Å². The number of hydrogen-bond donors (Lipinski definition) is 1. The first-order chi connectivity index (χ1) is 13.7. The number of hydrogen-bond acceptors (Lipinski definition) is 5. The van der Waals surface area contributed by atoms with Gasteiger partial charge in [-0.05, 0) is 49.7 Å². The minimum Gasteiger partial charge on any atom is -0.384 e. The van der Waals surface area contributed by atoms with Crippen LogP contribution in [0.1, 0.15) is 35.1 Å². The van der Waals surface area contributed by atoms with Gasteiger partial charge in [-0.1, -0.05) is 36.1 Å². The highest BCUT2D eigenvalue weighted by Gasteiger charge is 2.26. The molecule has 28 heavy (non-hydrogen) atoms. The van der Waals surface area contributed by atoms with Gasteiger partial charge in [-0.3, -0.25) is 0 Å². The number of likely N-dealkylation sites (tertiary alicyclic amines) is 1. The molecule has 0 saturated carbocycles. The van der Waals surface area contributed by atoms with Crippen molar-refractivity contribution in [1.29, 1.82) is 0 Å². The van der Waals surface area contributed by atoms with Gasteiger partial charge in [0.1, 0.15) is 17.7 Å². The van der Waals surface area contributed by atoms with Crippen molar-refractivity contribution in [2.24, 2.45) is 0 Å². The Kier molecular flexibility index (Phi) is 6.04. The van der Waals surface area contributed by atoms with E-state index < -0.39 is 0 Å². The van der Waals surface area contributed by atoms with Crippen molar-refractivity contribution in [3.63, 3.8) is 0 Å². The second kappa shape index (κ2) is 8.85. The number of aliphatic hydroxyl groups is 1. The van der Waals surface area contributed by atoms with Gasteiger partial charge in [-0.2, -0.15) is 0 Å². The van der Waals surface area contributed by atoms with Crippen molar-refractivity contribution in [3.05, 3.63) is 64.7 Å². The molecule has 1 fully saturated rings. The van der Waals surface area contributed by atoms with Crippen LogP contribution < -0.4 is 0 Å². The van der Waals surface area contributed by atoms with Gasteiger partial charge in [-0.25, -0.2) is 4.98 Å². The highest BCUT2D eigenvalue weighted by atomic mass is 32.1. The predicted molar refractivity (Wildman–Crippen MR) is 113 cm³/mol. The molecule has 4 nitrogen and oxygen atoms in total. The molecule has 0 amide bonds. The smallest absolute Gasteiger partial charge is 0.134 e. The summed E-state index contributed by atoms with van der Waals surface area (Å²) in [5, 5.41) is 9.97. The lowest BCUT2D eigenvalue weighted by atomic mass is 10.0. The molecule has 1 atom stereocenters. The number of ether oxygens (including phenoxy) is 1. The number of rotatable bonds is 4. The zero-order valence-corrected chi connectivity index (χ0v) is 16.8. The van der Waals surface area contributed by atoms with Gasteiger partial charge < -0.3 is 14.7 Å². The van der Waals surface area contributed by atoms with E-state index in [1.54, 1.807) is 11.3 Å². The first-order valence-electron chi connectivity index (χ1n) is 9.62. The van der Waals surface area contributed by atoms with Gasteiger partial charge >= 0.3 is 0 Å². The monoisotopic (exact) mass is 392 g/mol. The molecule has 4 rings (SSSR count). The van der Waals surface area contributed by atoms with E-state index in [1.807, 2.05) is 36.4 Å². The zero-order chi connectivity index (χ0) is 19.3. The summed E-state index contributed by atoms with van der Waals surface area (Å²) in [5.74, 6) is 5.72. The van der Waals surface area contributed by atoms with Gasteiger partial charge in [-0.15, -0.1) is 11.3 Å². The Bertz CT molecular complexity index is 963. The maximum Gasteiger partial charge on any atom is 0.134 e. The third-order valence-corrected chi connectivity index (χ3v) is 6.11. The van der Waals surface area contributed by atoms with E-state index in [1.165, 1.54) is 4.70 Å². The number of aliphatic hydroxyl groups excluding tert-OH is 1. The van der Waals surface area contributed by atoms with Crippen LogP contribution in [-0.4, -0.2) is 47.8 Å². The minimum atomic E-state index is -0.207. The number of piperidine rings is 1. The lowest BCUT2D eigenvalue weighted by Crippen LogP contribution is -2.35. The quantitative estimate of drug-likeness (QED) is 0.685. The Labute approximate surface area is 169 Å². The largest absolute Gasteiger partial charge is 0.384 e. The third kappa shape index (κ3) is 4.43. The number of para-hydroxylation sites is 1. The number of benzene rings is 2. The van der Waals surface area contributed by atoms with Crippen molar-refractivity contribution >= 4 is 21.6 Å². The van der Waals surface area contributed by atoms with Crippen LogP contribution in [0.2, 0.25) is 0 Å². The topological polar surface area (TPSA) is 45.6 Å².